The summed E-state index contributed by atoms with van der Waals surface area (Å²) in [6.45, 7) is 7.75. The summed E-state index contributed by atoms with van der Waals surface area (Å²) in [5.74, 6) is -0.0340. The van der Waals surface area contributed by atoms with Crippen molar-refractivity contribution in [3.05, 3.63) is 48.2 Å². The molecule has 0 spiro atoms. The van der Waals surface area contributed by atoms with E-state index in [1.165, 1.54) is 11.6 Å². The number of hydrogen-bond acceptors (Lipinski definition) is 7. The average Bonchev–Trinajstić information content (AvgIpc) is 2.75. The Hall–Kier alpha value is -3.49. The second kappa shape index (κ2) is 10.0. The normalized spacial score (nSPS) is 18.3. The maximum absolute atomic E-state index is 11.8. The van der Waals surface area contributed by atoms with E-state index >= 15 is 0 Å². The zero-order valence-electron chi connectivity index (χ0n) is 17.9. The molecule has 3 rings (SSSR count). The van der Waals surface area contributed by atoms with Gasteiger partial charge < -0.3 is 21.7 Å². The molecule has 1 fully saturated rings. The number of aromatic nitrogens is 3. The van der Waals surface area contributed by atoms with Gasteiger partial charge in [0.05, 0.1) is 0 Å². The zero-order valence-corrected chi connectivity index (χ0v) is 17.9. The lowest BCUT2D eigenvalue weighted by atomic mass is 9.90. The van der Waals surface area contributed by atoms with Gasteiger partial charge in [-0.05, 0) is 42.5 Å². The van der Waals surface area contributed by atoms with E-state index in [-0.39, 0.29) is 35.5 Å². The molecule has 5 N–H and O–H groups in total. The van der Waals surface area contributed by atoms with Gasteiger partial charge in [-0.2, -0.15) is 4.98 Å². The molecule has 0 saturated heterocycles. The number of carbonyl (C=O) groups is 2. The molecule has 0 aliphatic heterocycles. The van der Waals surface area contributed by atoms with Crippen LogP contribution >= 0.6 is 0 Å². The van der Waals surface area contributed by atoms with Crippen molar-refractivity contribution in [2.45, 2.75) is 57.5 Å². The molecule has 1 heterocycles. The number of primary amides is 1. The predicted molar refractivity (Wildman–Crippen MR) is 120 cm³/mol. The van der Waals surface area contributed by atoms with Gasteiger partial charge in [-0.1, -0.05) is 45.4 Å². The highest BCUT2D eigenvalue weighted by molar-refractivity contribution is 5.96. The first kappa shape index (κ1) is 22.2. The Morgan fingerprint density at radius 3 is 2.42 bits per heavy atom. The second-order valence-corrected chi connectivity index (χ2v) is 7.95. The summed E-state index contributed by atoms with van der Waals surface area (Å²) in [5.41, 5.74) is 7.38. The van der Waals surface area contributed by atoms with E-state index in [0.29, 0.717) is 5.92 Å². The van der Waals surface area contributed by atoms with Crippen molar-refractivity contribution in [2.75, 3.05) is 10.6 Å². The Balaban J connectivity index is 1.81. The van der Waals surface area contributed by atoms with Crippen LogP contribution in [0.15, 0.2) is 36.9 Å². The number of rotatable bonds is 8. The molecule has 0 unspecified atom stereocenters. The topological polar surface area (TPSA) is 135 Å². The molecule has 2 atom stereocenters. The quantitative estimate of drug-likeness (QED) is 0.479. The van der Waals surface area contributed by atoms with Crippen molar-refractivity contribution in [1.29, 1.82) is 0 Å². The van der Waals surface area contributed by atoms with Gasteiger partial charge in [0.2, 0.25) is 11.9 Å². The molecule has 9 nitrogen and oxygen atoms in total. The highest BCUT2D eigenvalue weighted by Crippen LogP contribution is 2.24. The smallest absolute Gasteiger partial charge is 0.273 e. The minimum atomic E-state index is -0.721. The molecule has 2 amide bonds. The second-order valence-electron chi connectivity index (χ2n) is 7.95. The third-order valence-electron chi connectivity index (χ3n) is 5.35. The Morgan fingerprint density at radius 2 is 1.81 bits per heavy atom. The van der Waals surface area contributed by atoms with Crippen LogP contribution in [0.25, 0.3) is 0 Å². The highest BCUT2D eigenvalue weighted by Gasteiger charge is 2.27. The summed E-state index contributed by atoms with van der Waals surface area (Å²) < 4.78 is 0. The van der Waals surface area contributed by atoms with Crippen LogP contribution in [-0.4, -0.2) is 39.1 Å². The largest absolute Gasteiger partial charge is 0.364 e. The first-order valence-electron chi connectivity index (χ1n) is 10.5. The van der Waals surface area contributed by atoms with Gasteiger partial charge >= 0.3 is 0 Å². The van der Waals surface area contributed by atoms with Crippen LogP contribution in [0.3, 0.4) is 0 Å². The molecular weight excluding hydrogens is 394 g/mol. The van der Waals surface area contributed by atoms with E-state index in [9.17, 15) is 9.59 Å². The fraction of sp³-hybridized carbons (Fsp3) is 0.409. The molecule has 0 bridgehead atoms. The summed E-state index contributed by atoms with van der Waals surface area (Å²) in [5, 5.41) is 17.3. The maximum atomic E-state index is 11.8. The summed E-state index contributed by atoms with van der Waals surface area (Å²) in [4.78, 5) is 28.0. The Morgan fingerprint density at radius 1 is 1.13 bits per heavy atom. The fourth-order valence-electron chi connectivity index (χ4n) is 3.61. The van der Waals surface area contributed by atoms with Gasteiger partial charge in [0.1, 0.15) is 0 Å². The molecule has 1 aliphatic carbocycles. The summed E-state index contributed by atoms with van der Waals surface area (Å²) in [6, 6.07) is 7.73. The van der Waals surface area contributed by atoms with Gasteiger partial charge in [-0.15, -0.1) is 10.2 Å². The van der Waals surface area contributed by atoms with Gasteiger partial charge in [0.25, 0.3) is 5.91 Å². The van der Waals surface area contributed by atoms with Gasteiger partial charge in [0.15, 0.2) is 11.5 Å². The summed E-state index contributed by atoms with van der Waals surface area (Å²) in [7, 11) is 0. The van der Waals surface area contributed by atoms with Crippen molar-refractivity contribution in [3.63, 3.8) is 0 Å². The van der Waals surface area contributed by atoms with E-state index < -0.39 is 5.91 Å². The van der Waals surface area contributed by atoms with Crippen LogP contribution in [-0.2, 0) is 4.79 Å². The van der Waals surface area contributed by atoms with Crippen LogP contribution in [0.5, 0.6) is 0 Å². The van der Waals surface area contributed by atoms with Crippen LogP contribution in [0, 0.1) is 0 Å². The first-order valence-corrected chi connectivity index (χ1v) is 10.5. The molecule has 0 radical (unpaired) electrons. The van der Waals surface area contributed by atoms with Crippen LogP contribution in [0.4, 0.5) is 17.5 Å². The van der Waals surface area contributed by atoms with Gasteiger partial charge in [-0.25, -0.2) is 0 Å². The average molecular weight is 424 g/mol. The Bertz CT molecular complexity index is 943. The summed E-state index contributed by atoms with van der Waals surface area (Å²) in [6.07, 6.45) is 5.01. The zero-order chi connectivity index (χ0) is 22.4. The molecule has 1 aromatic heterocycles. The Kier molecular flexibility index (Phi) is 7.17. The van der Waals surface area contributed by atoms with Crippen LogP contribution in [0.2, 0.25) is 0 Å². The number of nitrogens with zero attached hydrogens (tertiary/aromatic N) is 3. The van der Waals surface area contributed by atoms with E-state index in [0.717, 1.165) is 31.4 Å². The van der Waals surface area contributed by atoms with E-state index in [1.54, 1.807) is 0 Å². The third kappa shape index (κ3) is 5.78. The van der Waals surface area contributed by atoms with Gasteiger partial charge in [0, 0.05) is 17.8 Å². The predicted octanol–water partition coefficient (Wildman–Crippen LogP) is 2.86. The number of anilines is 3. The number of nitrogens with two attached hydrogens (primary N) is 1. The molecule has 1 aromatic carbocycles. The molecule has 2 aromatic rings. The number of amides is 2. The summed E-state index contributed by atoms with van der Waals surface area (Å²) >= 11 is 0. The number of carbonyl (C=O) groups excluding carboxylic acids is 2. The van der Waals surface area contributed by atoms with E-state index in [2.05, 4.69) is 51.6 Å². The molecule has 9 heteroatoms. The molecule has 31 heavy (non-hydrogen) atoms. The third-order valence-corrected chi connectivity index (χ3v) is 5.35. The van der Waals surface area contributed by atoms with Crippen molar-refractivity contribution < 1.29 is 9.59 Å². The van der Waals surface area contributed by atoms with Crippen LogP contribution < -0.4 is 21.7 Å². The SMILES string of the molecule is C=CC(=O)N[C@H]1CCCC[C@H]1Nc1nnc(C(N)=O)c(Nc2ccc(C(C)C)cc2)n1. The van der Waals surface area contributed by atoms with Crippen LogP contribution in [0.1, 0.15) is 61.5 Å². The lowest BCUT2D eigenvalue weighted by Gasteiger charge is -2.32. The molecule has 1 saturated carbocycles. The van der Waals surface area contributed by atoms with E-state index in [4.69, 9.17) is 5.73 Å². The number of hydrogen-bond donors (Lipinski definition) is 4. The molecule has 1 aliphatic rings. The lowest BCUT2D eigenvalue weighted by Crippen LogP contribution is -2.48. The first-order chi connectivity index (χ1) is 14.9. The molecular formula is C22H29N7O2. The highest BCUT2D eigenvalue weighted by atomic mass is 16.2. The minimum absolute atomic E-state index is 0.0429. The fourth-order valence-corrected chi connectivity index (χ4v) is 3.61. The standard InChI is InChI=1S/C22H29N7O2/c1-4-18(30)25-16-7-5-6-8-17(16)26-22-27-21(19(20(23)31)28-29-22)24-15-11-9-14(10-12-15)13(2)3/h4,9-13,16-17H,1,5-8H2,2-3H3,(H2,23,31)(H,25,30)(H2,24,26,27,29)/t16-,17+/m0/s1. The maximum Gasteiger partial charge on any atom is 0.273 e. The van der Waals surface area contributed by atoms with Crippen molar-refractivity contribution >= 4 is 29.3 Å². The van der Waals surface area contributed by atoms with Crippen molar-refractivity contribution in [2.24, 2.45) is 5.73 Å². The van der Waals surface area contributed by atoms with E-state index in [1.807, 2.05) is 24.3 Å². The number of benzene rings is 1. The minimum Gasteiger partial charge on any atom is -0.364 e. The Labute approximate surface area is 181 Å². The monoisotopic (exact) mass is 423 g/mol. The number of nitrogens with one attached hydrogen (secondary N) is 3. The van der Waals surface area contributed by atoms with Crippen molar-refractivity contribution in [3.8, 4) is 0 Å². The van der Waals surface area contributed by atoms with Crippen molar-refractivity contribution in [1.82, 2.24) is 20.5 Å². The van der Waals surface area contributed by atoms with Gasteiger partial charge in [-0.3, -0.25) is 9.59 Å². The molecule has 164 valence electrons. The lowest BCUT2D eigenvalue weighted by molar-refractivity contribution is -0.117.